The predicted octanol–water partition coefficient (Wildman–Crippen LogP) is 2.30. The van der Waals surface area contributed by atoms with Gasteiger partial charge in [-0.3, -0.25) is 4.79 Å². The molecule has 20 heavy (non-hydrogen) atoms. The van der Waals surface area contributed by atoms with E-state index in [9.17, 15) is 4.79 Å². The van der Waals surface area contributed by atoms with Gasteiger partial charge < -0.3 is 15.0 Å². The molecule has 1 unspecified atom stereocenters. The highest BCUT2D eigenvalue weighted by Gasteiger charge is 2.13. The van der Waals surface area contributed by atoms with Gasteiger partial charge in [-0.25, -0.2) is 0 Å². The van der Waals surface area contributed by atoms with Gasteiger partial charge in [-0.05, 0) is 45.1 Å². The fourth-order valence-electron chi connectivity index (χ4n) is 1.95. The maximum atomic E-state index is 11.9. The van der Waals surface area contributed by atoms with E-state index < -0.39 is 6.10 Å². The van der Waals surface area contributed by atoms with Crippen molar-refractivity contribution in [3.05, 3.63) is 30.3 Å². The molecule has 1 rings (SSSR count). The molecule has 0 aliphatic heterocycles. The minimum atomic E-state index is -0.467. The Morgan fingerprint density at radius 3 is 2.50 bits per heavy atom. The van der Waals surface area contributed by atoms with Crippen molar-refractivity contribution in [1.82, 2.24) is 10.2 Å². The number of nitrogens with one attached hydrogen (secondary N) is 1. The van der Waals surface area contributed by atoms with Gasteiger partial charge in [0.25, 0.3) is 5.91 Å². The number of amides is 1. The van der Waals surface area contributed by atoms with Crippen molar-refractivity contribution in [3.63, 3.8) is 0 Å². The lowest BCUT2D eigenvalue weighted by molar-refractivity contribution is -0.127. The van der Waals surface area contributed by atoms with E-state index in [0.29, 0.717) is 6.54 Å². The summed E-state index contributed by atoms with van der Waals surface area (Å²) in [7, 11) is 0. The van der Waals surface area contributed by atoms with Crippen molar-refractivity contribution >= 4 is 5.91 Å². The second-order valence-electron chi connectivity index (χ2n) is 4.74. The summed E-state index contributed by atoms with van der Waals surface area (Å²) in [5, 5.41) is 2.92. The average Bonchev–Trinajstić information content (AvgIpc) is 2.48. The molecule has 0 aliphatic rings. The maximum Gasteiger partial charge on any atom is 0.260 e. The number of para-hydroxylation sites is 1. The lowest BCUT2D eigenvalue weighted by atomic mass is 10.3. The number of nitrogens with zero attached hydrogens (tertiary/aromatic N) is 1. The van der Waals surface area contributed by atoms with Gasteiger partial charge in [0.15, 0.2) is 6.10 Å². The Labute approximate surface area is 122 Å². The van der Waals surface area contributed by atoms with E-state index in [4.69, 9.17) is 4.74 Å². The molecule has 0 bridgehead atoms. The van der Waals surface area contributed by atoms with Crippen molar-refractivity contribution in [2.24, 2.45) is 0 Å². The van der Waals surface area contributed by atoms with E-state index in [2.05, 4.69) is 24.1 Å². The first-order valence-electron chi connectivity index (χ1n) is 7.39. The van der Waals surface area contributed by atoms with Crippen molar-refractivity contribution in [2.45, 2.75) is 33.3 Å². The smallest absolute Gasteiger partial charge is 0.260 e. The van der Waals surface area contributed by atoms with Gasteiger partial charge in [0.1, 0.15) is 5.75 Å². The summed E-state index contributed by atoms with van der Waals surface area (Å²) in [5.74, 6) is 0.659. The van der Waals surface area contributed by atoms with Crippen LogP contribution in [-0.2, 0) is 4.79 Å². The third-order valence-electron chi connectivity index (χ3n) is 3.27. The Balaban J connectivity index is 2.22. The second-order valence-corrected chi connectivity index (χ2v) is 4.74. The third-order valence-corrected chi connectivity index (χ3v) is 3.27. The highest BCUT2D eigenvalue weighted by atomic mass is 16.5. The standard InChI is InChI=1S/C16H26N2O2/c1-4-18(5-2)13-9-12-17-16(19)14(3)20-15-10-7-6-8-11-15/h6-8,10-11,14H,4-5,9,12-13H2,1-3H3,(H,17,19). The number of hydrogen-bond donors (Lipinski definition) is 1. The fraction of sp³-hybridized carbons (Fsp3) is 0.562. The summed E-state index contributed by atoms with van der Waals surface area (Å²) in [6, 6.07) is 9.41. The summed E-state index contributed by atoms with van der Waals surface area (Å²) in [6.45, 7) is 9.89. The summed E-state index contributed by atoms with van der Waals surface area (Å²) in [4.78, 5) is 14.2. The van der Waals surface area contributed by atoms with Gasteiger partial charge in [0.05, 0.1) is 0 Å². The zero-order valence-corrected chi connectivity index (χ0v) is 12.8. The Morgan fingerprint density at radius 1 is 1.25 bits per heavy atom. The van der Waals surface area contributed by atoms with Gasteiger partial charge in [0, 0.05) is 6.54 Å². The average molecular weight is 278 g/mol. The summed E-state index contributed by atoms with van der Waals surface area (Å²) in [5.41, 5.74) is 0. The first-order valence-corrected chi connectivity index (χ1v) is 7.39. The Hall–Kier alpha value is -1.55. The van der Waals surface area contributed by atoms with Crippen LogP contribution in [0.15, 0.2) is 30.3 Å². The molecule has 112 valence electrons. The fourth-order valence-corrected chi connectivity index (χ4v) is 1.95. The molecular weight excluding hydrogens is 252 g/mol. The molecule has 0 saturated carbocycles. The van der Waals surface area contributed by atoms with E-state index in [-0.39, 0.29) is 5.91 Å². The normalized spacial score (nSPS) is 12.2. The maximum absolute atomic E-state index is 11.9. The summed E-state index contributed by atoms with van der Waals surface area (Å²) < 4.78 is 5.57. The van der Waals surface area contributed by atoms with Crippen LogP contribution in [0, 0.1) is 0 Å². The molecule has 1 amide bonds. The van der Waals surface area contributed by atoms with Crippen LogP contribution in [0.4, 0.5) is 0 Å². The Morgan fingerprint density at radius 2 is 1.90 bits per heavy atom. The summed E-state index contributed by atoms with van der Waals surface area (Å²) >= 11 is 0. The highest BCUT2D eigenvalue weighted by molar-refractivity contribution is 5.80. The number of ether oxygens (including phenoxy) is 1. The van der Waals surface area contributed by atoms with Crippen LogP contribution in [0.1, 0.15) is 27.2 Å². The first-order chi connectivity index (χ1) is 9.67. The number of hydrogen-bond acceptors (Lipinski definition) is 3. The molecule has 0 radical (unpaired) electrons. The van der Waals surface area contributed by atoms with Gasteiger partial charge in [0.2, 0.25) is 0 Å². The topological polar surface area (TPSA) is 41.6 Å². The largest absolute Gasteiger partial charge is 0.481 e. The second kappa shape index (κ2) is 9.37. The van der Waals surface area contributed by atoms with E-state index >= 15 is 0 Å². The molecule has 4 nitrogen and oxygen atoms in total. The van der Waals surface area contributed by atoms with Crippen molar-refractivity contribution < 1.29 is 9.53 Å². The highest BCUT2D eigenvalue weighted by Crippen LogP contribution is 2.10. The van der Waals surface area contributed by atoms with Crippen LogP contribution in [0.25, 0.3) is 0 Å². The van der Waals surface area contributed by atoms with Crippen LogP contribution in [0.5, 0.6) is 5.75 Å². The van der Waals surface area contributed by atoms with Crippen LogP contribution in [0.3, 0.4) is 0 Å². The molecule has 1 atom stereocenters. The zero-order chi connectivity index (χ0) is 14.8. The molecule has 0 aromatic heterocycles. The lowest BCUT2D eigenvalue weighted by Gasteiger charge is -2.18. The molecule has 4 heteroatoms. The van der Waals surface area contributed by atoms with Gasteiger partial charge >= 0.3 is 0 Å². The molecule has 0 fully saturated rings. The number of rotatable bonds is 9. The SMILES string of the molecule is CCN(CC)CCCNC(=O)C(C)Oc1ccccc1. The molecule has 0 saturated heterocycles. The quantitative estimate of drug-likeness (QED) is 0.705. The summed E-state index contributed by atoms with van der Waals surface area (Å²) in [6.07, 6.45) is 0.497. The molecule has 1 N–H and O–H groups in total. The zero-order valence-electron chi connectivity index (χ0n) is 12.8. The van der Waals surface area contributed by atoms with Crippen LogP contribution in [-0.4, -0.2) is 43.1 Å². The van der Waals surface area contributed by atoms with Gasteiger partial charge in [-0.1, -0.05) is 32.0 Å². The predicted molar refractivity (Wildman–Crippen MR) is 81.9 cm³/mol. The van der Waals surface area contributed by atoms with E-state index in [0.717, 1.165) is 31.8 Å². The molecule has 1 aromatic carbocycles. The van der Waals surface area contributed by atoms with Gasteiger partial charge in [-0.2, -0.15) is 0 Å². The van der Waals surface area contributed by atoms with Crippen LogP contribution >= 0.6 is 0 Å². The van der Waals surface area contributed by atoms with E-state index in [1.54, 1.807) is 6.92 Å². The Kier molecular flexibility index (Phi) is 7.73. The minimum Gasteiger partial charge on any atom is -0.481 e. The first kappa shape index (κ1) is 16.5. The van der Waals surface area contributed by atoms with Crippen molar-refractivity contribution in [3.8, 4) is 5.75 Å². The van der Waals surface area contributed by atoms with Crippen LogP contribution in [0.2, 0.25) is 0 Å². The number of benzene rings is 1. The molecule has 0 spiro atoms. The lowest BCUT2D eigenvalue weighted by Crippen LogP contribution is -2.37. The number of carbonyl (C=O) groups is 1. The molecular formula is C16H26N2O2. The number of carbonyl (C=O) groups excluding carboxylic acids is 1. The van der Waals surface area contributed by atoms with Crippen molar-refractivity contribution in [1.29, 1.82) is 0 Å². The van der Waals surface area contributed by atoms with Crippen molar-refractivity contribution in [2.75, 3.05) is 26.2 Å². The third kappa shape index (κ3) is 6.06. The van der Waals surface area contributed by atoms with Gasteiger partial charge in [-0.15, -0.1) is 0 Å². The van der Waals surface area contributed by atoms with Crippen LogP contribution < -0.4 is 10.1 Å². The molecule has 0 heterocycles. The Bertz CT molecular complexity index is 377. The minimum absolute atomic E-state index is 0.0617. The van der Waals surface area contributed by atoms with E-state index in [1.807, 2.05) is 30.3 Å². The monoisotopic (exact) mass is 278 g/mol. The molecule has 0 aliphatic carbocycles. The molecule has 1 aromatic rings. The van der Waals surface area contributed by atoms with E-state index in [1.165, 1.54) is 0 Å².